The van der Waals surface area contributed by atoms with E-state index in [0.29, 0.717) is 6.54 Å². The van der Waals surface area contributed by atoms with Crippen LogP contribution >= 0.6 is 0 Å². The van der Waals surface area contributed by atoms with Crippen molar-refractivity contribution in [3.05, 3.63) is 28.8 Å². The van der Waals surface area contributed by atoms with Gasteiger partial charge in [0.2, 0.25) is 0 Å². The van der Waals surface area contributed by atoms with Crippen molar-refractivity contribution in [3.8, 4) is 5.75 Å². The highest BCUT2D eigenvalue weighted by molar-refractivity contribution is 5.80. The van der Waals surface area contributed by atoms with E-state index in [1.165, 1.54) is 25.1 Å². The van der Waals surface area contributed by atoms with Crippen LogP contribution in [0.3, 0.4) is 0 Å². The number of nitrogens with one attached hydrogen (secondary N) is 1. The molecule has 1 amide bonds. The van der Waals surface area contributed by atoms with Gasteiger partial charge in [-0.05, 0) is 81.7 Å². The van der Waals surface area contributed by atoms with E-state index in [1.54, 1.807) is 0 Å². The van der Waals surface area contributed by atoms with Crippen molar-refractivity contribution < 1.29 is 9.53 Å². The van der Waals surface area contributed by atoms with E-state index in [2.05, 4.69) is 37.1 Å². The van der Waals surface area contributed by atoms with Crippen LogP contribution in [-0.4, -0.2) is 43.1 Å². The second kappa shape index (κ2) is 9.40. The van der Waals surface area contributed by atoms with E-state index in [-0.39, 0.29) is 5.91 Å². The fraction of sp³-hybridized carbons (Fsp3) is 0.682. The monoisotopic (exact) mass is 360 g/mol. The smallest absolute Gasteiger partial charge is 0.260 e. The van der Waals surface area contributed by atoms with E-state index in [0.717, 1.165) is 41.7 Å². The van der Waals surface area contributed by atoms with Crippen LogP contribution in [0.15, 0.2) is 12.1 Å². The van der Waals surface area contributed by atoms with Gasteiger partial charge in [0.05, 0.1) is 0 Å². The Labute approximate surface area is 159 Å². The number of benzene rings is 1. The number of piperidine rings is 1. The number of amides is 1. The molecule has 4 nitrogen and oxygen atoms in total. The van der Waals surface area contributed by atoms with Gasteiger partial charge in [0.25, 0.3) is 5.91 Å². The second-order valence-corrected chi connectivity index (χ2v) is 8.32. The van der Waals surface area contributed by atoms with Crippen LogP contribution in [0.25, 0.3) is 0 Å². The number of hydrogen-bond acceptors (Lipinski definition) is 3. The lowest BCUT2D eigenvalue weighted by Crippen LogP contribution is -2.41. The van der Waals surface area contributed by atoms with Crippen LogP contribution in [0.1, 0.15) is 50.3 Å². The molecule has 0 radical (unpaired) electrons. The van der Waals surface area contributed by atoms with Crippen LogP contribution in [0.4, 0.5) is 0 Å². The SMILES string of the molecule is Cc1cc(C)c(C)c(O[C@H](C)C(=O)NCCCN2C[C@H](C)C[C@@H](C)C2)c1. The first-order valence-electron chi connectivity index (χ1n) is 10.0. The van der Waals surface area contributed by atoms with Crippen molar-refractivity contribution in [2.45, 2.75) is 60.5 Å². The Morgan fingerprint density at radius 3 is 2.54 bits per heavy atom. The fourth-order valence-electron chi connectivity index (χ4n) is 4.00. The Bertz CT molecular complexity index is 604. The van der Waals surface area contributed by atoms with E-state index in [9.17, 15) is 4.79 Å². The first kappa shape index (κ1) is 20.8. The Balaban J connectivity index is 1.74. The van der Waals surface area contributed by atoms with E-state index >= 15 is 0 Å². The molecular weight excluding hydrogens is 324 g/mol. The van der Waals surface area contributed by atoms with Crippen LogP contribution in [-0.2, 0) is 4.79 Å². The second-order valence-electron chi connectivity index (χ2n) is 8.32. The molecule has 0 bridgehead atoms. The molecule has 0 unspecified atom stereocenters. The van der Waals surface area contributed by atoms with Crippen molar-refractivity contribution in [1.82, 2.24) is 10.2 Å². The Kier molecular flexibility index (Phi) is 7.51. The average Bonchev–Trinajstić information content (AvgIpc) is 2.55. The molecule has 1 fully saturated rings. The van der Waals surface area contributed by atoms with Gasteiger partial charge in [-0.1, -0.05) is 19.9 Å². The van der Waals surface area contributed by atoms with Gasteiger partial charge in [-0.2, -0.15) is 0 Å². The van der Waals surface area contributed by atoms with Gasteiger partial charge in [-0.25, -0.2) is 0 Å². The van der Waals surface area contributed by atoms with Crippen LogP contribution in [0.5, 0.6) is 5.75 Å². The van der Waals surface area contributed by atoms with Gasteiger partial charge in [0.15, 0.2) is 6.10 Å². The third kappa shape index (κ3) is 6.01. The number of nitrogens with zero attached hydrogens (tertiary/aromatic N) is 1. The molecule has 0 aliphatic carbocycles. The minimum Gasteiger partial charge on any atom is -0.481 e. The minimum absolute atomic E-state index is 0.0380. The summed E-state index contributed by atoms with van der Waals surface area (Å²) in [7, 11) is 0. The van der Waals surface area contributed by atoms with Crippen LogP contribution < -0.4 is 10.1 Å². The Morgan fingerprint density at radius 1 is 1.23 bits per heavy atom. The lowest BCUT2D eigenvalue weighted by atomic mass is 9.92. The van der Waals surface area contributed by atoms with Gasteiger partial charge in [0, 0.05) is 19.6 Å². The predicted octanol–water partition coefficient (Wildman–Crippen LogP) is 3.86. The van der Waals surface area contributed by atoms with Crippen molar-refractivity contribution in [1.29, 1.82) is 0 Å². The molecule has 1 aliphatic heterocycles. The third-order valence-corrected chi connectivity index (χ3v) is 5.33. The normalized spacial score (nSPS) is 22.1. The van der Waals surface area contributed by atoms with Crippen LogP contribution in [0, 0.1) is 32.6 Å². The highest BCUT2D eigenvalue weighted by Crippen LogP contribution is 2.24. The molecule has 2 rings (SSSR count). The Morgan fingerprint density at radius 2 is 1.88 bits per heavy atom. The quantitative estimate of drug-likeness (QED) is 0.751. The molecule has 0 spiro atoms. The molecule has 3 atom stereocenters. The van der Waals surface area contributed by atoms with Gasteiger partial charge < -0.3 is 15.0 Å². The van der Waals surface area contributed by atoms with E-state index in [4.69, 9.17) is 4.74 Å². The molecular formula is C22H36N2O2. The minimum atomic E-state index is -0.482. The van der Waals surface area contributed by atoms with Crippen molar-refractivity contribution in [2.24, 2.45) is 11.8 Å². The lowest BCUT2D eigenvalue weighted by Gasteiger charge is -2.34. The van der Waals surface area contributed by atoms with Crippen molar-refractivity contribution in [2.75, 3.05) is 26.2 Å². The highest BCUT2D eigenvalue weighted by Gasteiger charge is 2.21. The molecule has 146 valence electrons. The topological polar surface area (TPSA) is 41.6 Å². The van der Waals surface area contributed by atoms with Crippen LogP contribution in [0.2, 0.25) is 0 Å². The number of carbonyl (C=O) groups is 1. The standard InChI is InChI=1S/C22H36N2O2/c1-15-11-18(4)19(5)21(12-15)26-20(6)22(25)23-8-7-9-24-13-16(2)10-17(3)14-24/h11-12,16-17,20H,7-10,13-14H2,1-6H3,(H,23,25)/t16-,17-,20-/m1/s1. The van der Waals surface area contributed by atoms with Gasteiger partial charge in [-0.3, -0.25) is 4.79 Å². The number of hydrogen-bond donors (Lipinski definition) is 1. The molecule has 4 heteroatoms. The summed E-state index contributed by atoms with van der Waals surface area (Å²) in [5.41, 5.74) is 3.45. The van der Waals surface area contributed by atoms with Crippen molar-refractivity contribution in [3.63, 3.8) is 0 Å². The van der Waals surface area contributed by atoms with E-state index < -0.39 is 6.10 Å². The predicted molar refractivity (Wildman–Crippen MR) is 108 cm³/mol. The molecule has 1 aliphatic rings. The summed E-state index contributed by atoms with van der Waals surface area (Å²) in [5.74, 6) is 2.33. The molecule has 1 aromatic carbocycles. The molecule has 1 heterocycles. The average molecular weight is 361 g/mol. The van der Waals surface area contributed by atoms with Crippen molar-refractivity contribution >= 4 is 5.91 Å². The largest absolute Gasteiger partial charge is 0.481 e. The molecule has 0 saturated carbocycles. The molecule has 1 N–H and O–H groups in total. The first-order chi connectivity index (χ1) is 12.3. The third-order valence-electron chi connectivity index (χ3n) is 5.33. The summed E-state index contributed by atoms with van der Waals surface area (Å²) in [6, 6.07) is 4.14. The van der Waals surface area contributed by atoms with Gasteiger partial charge >= 0.3 is 0 Å². The number of carbonyl (C=O) groups excluding carboxylic acids is 1. The van der Waals surface area contributed by atoms with Gasteiger partial charge in [-0.15, -0.1) is 0 Å². The molecule has 1 aromatic rings. The zero-order chi connectivity index (χ0) is 19.3. The number of ether oxygens (including phenoxy) is 1. The maximum absolute atomic E-state index is 12.3. The summed E-state index contributed by atoms with van der Waals surface area (Å²) >= 11 is 0. The molecule has 1 saturated heterocycles. The summed E-state index contributed by atoms with van der Waals surface area (Å²) in [6.45, 7) is 16.8. The summed E-state index contributed by atoms with van der Waals surface area (Å²) in [6.07, 6.45) is 1.84. The number of aryl methyl sites for hydroxylation is 2. The summed E-state index contributed by atoms with van der Waals surface area (Å²) in [4.78, 5) is 14.9. The summed E-state index contributed by atoms with van der Waals surface area (Å²) < 4.78 is 5.92. The fourth-order valence-corrected chi connectivity index (χ4v) is 4.00. The van der Waals surface area contributed by atoms with Gasteiger partial charge in [0.1, 0.15) is 5.75 Å². The maximum Gasteiger partial charge on any atom is 0.260 e. The number of rotatable bonds is 7. The molecule has 26 heavy (non-hydrogen) atoms. The van der Waals surface area contributed by atoms with E-state index in [1.807, 2.05) is 26.8 Å². The zero-order valence-corrected chi connectivity index (χ0v) is 17.4. The zero-order valence-electron chi connectivity index (χ0n) is 17.4. The lowest BCUT2D eigenvalue weighted by molar-refractivity contribution is -0.127. The highest BCUT2D eigenvalue weighted by atomic mass is 16.5. The Hall–Kier alpha value is -1.55. The summed E-state index contributed by atoms with van der Waals surface area (Å²) in [5, 5.41) is 3.02. The molecule has 0 aromatic heterocycles. The maximum atomic E-state index is 12.3. The number of likely N-dealkylation sites (tertiary alicyclic amines) is 1. The first-order valence-corrected chi connectivity index (χ1v) is 10.0.